The Bertz CT molecular complexity index is 472. The summed E-state index contributed by atoms with van der Waals surface area (Å²) in [6, 6.07) is 0. The highest BCUT2D eigenvalue weighted by Crippen LogP contribution is 2.16. The van der Waals surface area contributed by atoms with Crippen LogP contribution in [0.5, 0.6) is 0 Å². The van der Waals surface area contributed by atoms with Gasteiger partial charge in [-0.25, -0.2) is 0 Å². The van der Waals surface area contributed by atoms with Crippen LogP contribution in [-0.4, -0.2) is 79.2 Å². The number of nitrogens with zero attached hydrogens (tertiary/aromatic N) is 2. The van der Waals surface area contributed by atoms with Crippen molar-refractivity contribution >= 4 is 11.8 Å². The molecule has 0 bridgehead atoms. The van der Waals surface area contributed by atoms with Crippen molar-refractivity contribution < 1.29 is 19.1 Å². The summed E-state index contributed by atoms with van der Waals surface area (Å²) in [5, 5.41) is 0. The summed E-state index contributed by atoms with van der Waals surface area (Å²) in [4.78, 5) is 31.4. The molecule has 0 aliphatic carbocycles. The minimum Gasteiger partial charge on any atom is -0.378 e. The van der Waals surface area contributed by atoms with Crippen molar-refractivity contribution in [2.75, 3.05) is 52.6 Å². The second-order valence-corrected chi connectivity index (χ2v) is 5.09. The molecule has 2 amide bonds. The first-order valence-corrected chi connectivity index (χ1v) is 7.18. The number of carbonyl (C=O) groups excluding carboxylic acids is 2. The normalized spacial score (nSPS) is 19.6. The fraction of sp³-hybridized carbons (Fsp3) is 0.571. The van der Waals surface area contributed by atoms with Gasteiger partial charge in [0, 0.05) is 38.6 Å². The number of H-pyrrole nitrogens is 1. The van der Waals surface area contributed by atoms with Crippen LogP contribution < -0.4 is 0 Å². The van der Waals surface area contributed by atoms with Crippen LogP contribution in [0.15, 0.2) is 12.4 Å². The Morgan fingerprint density at radius 2 is 1.19 bits per heavy atom. The molecule has 3 rings (SSSR count). The van der Waals surface area contributed by atoms with Gasteiger partial charge in [-0.05, 0) is 0 Å². The highest BCUT2D eigenvalue weighted by atomic mass is 16.5. The second-order valence-electron chi connectivity index (χ2n) is 5.09. The van der Waals surface area contributed by atoms with E-state index < -0.39 is 0 Å². The molecular formula is C14H19N3O4. The van der Waals surface area contributed by atoms with Crippen molar-refractivity contribution in [1.29, 1.82) is 0 Å². The molecule has 7 heteroatoms. The van der Waals surface area contributed by atoms with Crippen LogP contribution in [0.1, 0.15) is 20.7 Å². The molecule has 2 aliphatic heterocycles. The van der Waals surface area contributed by atoms with Crippen LogP contribution in [0, 0.1) is 0 Å². The molecule has 0 spiro atoms. The van der Waals surface area contributed by atoms with E-state index in [1.165, 1.54) is 0 Å². The lowest BCUT2D eigenvalue weighted by Crippen LogP contribution is -2.43. The van der Waals surface area contributed by atoms with Crippen LogP contribution in [0.2, 0.25) is 0 Å². The molecule has 2 aliphatic rings. The Balaban J connectivity index is 1.76. The number of aromatic amines is 1. The smallest absolute Gasteiger partial charge is 0.256 e. The number of hydrogen-bond acceptors (Lipinski definition) is 4. The Labute approximate surface area is 122 Å². The average molecular weight is 293 g/mol. The number of morpholine rings is 2. The first-order valence-electron chi connectivity index (χ1n) is 7.18. The molecule has 0 saturated carbocycles. The van der Waals surface area contributed by atoms with Gasteiger partial charge >= 0.3 is 0 Å². The van der Waals surface area contributed by atoms with Crippen molar-refractivity contribution in [3.05, 3.63) is 23.5 Å². The van der Waals surface area contributed by atoms with Gasteiger partial charge in [-0.2, -0.15) is 0 Å². The lowest BCUT2D eigenvalue weighted by Gasteiger charge is -2.28. The quantitative estimate of drug-likeness (QED) is 0.830. The average Bonchev–Trinajstić information content (AvgIpc) is 3.04. The van der Waals surface area contributed by atoms with Crippen molar-refractivity contribution in [3.8, 4) is 0 Å². The highest BCUT2D eigenvalue weighted by molar-refractivity contribution is 6.07. The molecule has 0 atom stereocenters. The van der Waals surface area contributed by atoms with Gasteiger partial charge in [0.2, 0.25) is 0 Å². The van der Waals surface area contributed by atoms with Gasteiger partial charge in [-0.3, -0.25) is 9.59 Å². The lowest BCUT2D eigenvalue weighted by molar-refractivity contribution is 0.0280. The maximum Gasteiger partial charge on any atom is 0.256 e. The zero-order chi connectivity index (χ0) is 14.7. The van der Waals surface area contributed by atoms with E-state index in [-0.39, 0.29) is 11.8 Å². The molecule has 21 heavy (non-hydrogen) atoms. The largest absolute Gasteiger partial charge is 0.378 e. The van der Waals surface area contributed by atoms with E-state index in [0.29, 0.717) is 63.7 Å². The monoisotopic (exact) mass is 293 g/mol. The first kappa shape index (κ1) is 14.1. The molecule has 0 radical (unpaired) electrons. The molecule has 1 N–H and O–H groups in total. The van der Waals surface area contributed by atoms with E-state index >= 15 is 0 Å². The maximum absolute atomic E-state index is 12.5. The fourth-order valence-corrected chi connectivity index (χ4v) is 2.59. The Morgan fingerprint density at radius 1 is 0.810 bits per heavy atom. The number of carbonyl (C=O) groups is 2. The summed E-state index contributed by atoms with van der Waals surface area (Å²) >= 11 is 0. The van der Waals surface area contributed by atoms with Gasteiger partial charge in [0.1, 0.15) is 0 Å². The van der Waals surface area contributed by atoms with Crippen molar-refractivity contribution in [3.63, 3.8) is 0 Å². The number of rotatable bonds is 2. The number of ether oxygens (including phenoxy) is 2. The van der Waals surface area contributed by atoms with E-state index in [9.17, 15) is 9.59 Å². The third-order valence-corrected chi connectivity index (χ3v) is 3.80. The van der Waals surface area contributed by atoms with Crippen LogP contribution >= 0.6 is 0 Å². The molecule has 3 heterocycles. The number of amides is 2. The van der Waals surface area contributed by atoms with E-state index in [0.717, 1.165) is 0 Å². The number of aromatic nitrogens is 1. The zero-order valence-electron chi connectivity index (χ0n) is 11.8. The van der Waals surface area contributed by atoms with Gasteiger partial charge < -0.3 is 24.3 Å². The summed E-state index contributed by atoms with van der Waals surface area (Å²) < 4.78 is 10.5. The Morgan fingerprint density at radius 3 is 1.57 bits per heavy atom. The van der Waals surface area contributed by atoms with Crippen LogP contribution in [0.4, 0.5) is 0 Å². The van der Waals surface area contributed by atoms with Gasteiger partial charge in [-0.15, -0.1) is 0 Å². The van der Waals surface area contributed by atoms with E-state index in [2.05, 4.69) is 4.98 Å². The summed E-state index contributed by atoms with van der Waals surface area (Å²) in [6.07, 6.45) is 3.21. The predicted octanol–water partition coefficient (Wildman–Crippen LogP) is -0.0405. The Kier molecular flexibility index (Phi) is 4.21. The number of nitrogens with one attached hydrogen (secondary N) is 1. The van der Waals surface area contributed by atoms with E-state index in [1.54, 1.807) is 22.2 Å². The molecule has 2 saturated heterocycles. The number of hydrogen-bond donors (Lipinski definition) is 1. The summed E-state index contributed by atoms with van der Waals surface area (Å²) in [5.41, 5.74) is 0.877. The van der Waals surface area contributed by atoms with E-state index in [4.69, 9.17) is 9.47 Å². The highest BCUT2D eigenvalue weighted by Gasteiger charge is 2.27. The lowest BCUT2D eigenvalue weighted by atomic mass is 10.1. The molecule has 1 aromatic rings. The second kappa shape index (κ2) is 6.28. The van der Waals surface area contributed by atoms with Crippen LogP contribution in [0.3, 0.4) is 0 Å². The van der Waals surface area contributed by atoms with Crippen LogP contribution in [-0.2, 0) is 9.47 Å². The maximum atomic E-state index is 12.5. The summed E-state index contributed by atoms with van der Waals surface area (Å²) in [6.45, 7) is 4.44. The van der Waals surface area contributed by atoms with Gasteiger partial charge in [0.05, 0.1) is 37.6 Å². The molecule has 1 aromatic heterocycles. The van der Waals surface area contributed by atoms with E-state index in [1.807, 2.05) is 0 Å². The third kappa shape index (κ3) is 2.93. The molecular weight excluding hydrogens is 274 g/mol. The minimum absolute atomic E-state index is 0.115. The Hall–Kier alpha value is -1.86. The van der Waals surface area contributed by atoms with Crippen molar-refractivity contribution in [2.45, 2.75) is 0 Å². The predicted molar refractivity (Wildman–Crippen MR) is 74.2 cm³/mol. The fourth-order valence-electron chi connectivity index (χ4n) is 2.59. The van der Waals surface area contributed by atoms with Crippen molar-refractivity contribution in [2.24, 2.45) is 0 Å². The zero-order valence-corrected chi connectivity index (χ0v) is 11.8. The van der Waals surface area contributed by atoms with Crippen molar-refractivity contribution in [1.82, 2.24) is 14.8 Å². The minimum atomic E-state index is -0.115. The summed E-state index contributed by atoms with van der Waals surface area (Å²) in [7, 11) is 0. The molecule has 7 nitrogen and oxygen atoms in total. The molecule has 114 valence electrons. The molecule has 0 unspecified atom stereocenters. The topological polar surface area (TPSA) is 74.9 Å². The standard InChI is InChI=1S/C14H19N3O4/c18-13(16-1-5-20-6-2-16)11-9-15-10-12(11)14(19)17-3-7-21-8-4-17/h9-10,15H,1-8H2. The van der Waals surface area contributed by atoms with Gasteiger partial charge in [0.15, 0.2) is 0 Å². The van der Waals surface area contributed by atoms with Crippen LogP contribution in [0.25, 0.3) is 0 Å². The molecule has 0 aromatic carbocycles. The molecule has 2 fully saturated rings. The third-order valence-electron chi connectivity index (χ3n) is 3.80. The van der Waals surface area contributed by atoms with Gasteiger partial charge in [0.25, 0.3) is 11.8 Å². The first-order chi connectivity index (χ1) is 10.3. The summed E-state index contributed by atoms with van der Waals surface area (Å²) in [5.74, 6) is -0.229. The SMILES string of the molecule is O=C(c1c[nH]cc1C(=O)N1CCOCC1)N1CCOCC1. The van der Waals surface area contributed by atoms with Gasteiger partial charge in [-0.1, -0.05) is 0 Å².